The van der Waals surface area contributed by atoms with E-state index in [1.165, 1.54) is 10.9 Å². The molecule has 0 saturated carbocycles. The molecule has 0 bridgehead atoms. The summed E-state index contributed by atoms with van der Waals surface area (Å²) in [6, 6.07) is 10.3. The van der Waals surface area contributed by atoms with Crippen LogP contribution in [0.5, 0.6) is 0 Å². The number of aryl methyl sites for hydroxylation is 1. The summed E-state index contributed by atoms with van der Waals surface area (Å²) >= 11 is 0. The third kappa shape index (κ3) is 3.37. The van der Waals surface area contributed by atoms with Gasteiger partial charge in [0.05, 0.1) is 0 Å². The lowest BCUT2D eigenvalue weighted by atomic mass is 10.0. The highest BCUT2D eigenvalue weighted by Gasteiger charge is 2.17. The molecule has 0 aliphatic heterocycles. The number of fused-ring (bicyclic) bond motifs is 1. The molecular weight excluding hydrogens is 236 g/mol. The zero-order valence-corrected chi connectivity index (χ0v) is 11.9. The molecule has 0 radical (unpaired) electrons. The molecule has 0 aliphatic carbocycles. The Hall–Kier alpha value is -1.77. The summed E-state index contributed by atoms with van der Waals surface area (Å²) in [4.78, 5) is 11.9. The van der Waals surface area contributed by atoms with E-state index in [2.05, 4.69) is 48.9 Å². The molecule has 1 amide bonds. The van der Waals surface area contributed by atoms with Crippen molar-refractivity contribution >= 4 is 16.8 Å². The minimum Gasteiger partial charge on any atom is -0.351 e. The van der Waals surface area contributed by atoms with Gasteiger partial charge in [0, 0.05) is 30.2 Å². The first-order chi connectivity index (χ1) is 9.02. The first kappa shape index (κ1) is 13.7. The molecule has 0 spiro atoms. The van der Waals surface area contributed by atoms with Gasteiger partial charge >= 0.3 is 0 Å². The molecule has 0 saturated heterocycles. The van der Waals surface area contributed by atoms with E-state index in [1.807, 2.05) is 18.3 Å². The summed E-state index contributed by atoms with van der Waals surface area (Å²) in [5.74, 6) is 0.115. The van der Waals surface area contributed by atoms with E-state index in [1.54, 1.807) is 0 Å². The summed E-state index contributed by atoms with van der Waals surface area (Å²) in [6.45, 7) is 6.91. The molecule has 0 aliphatic rings. The number of nitrogens with zero attached hydrogens (tertiary/aromatic N) is 1. The molecule has 1 aromatic carbocycles. The van der Waals surface area contributed by atoms with Crippen LogP contribution < -0.4 is 5.32 Å². The maximum absolute atomic E-state index is 11.9. The van der Waals surface area contributed by atoms with Gasteiger partial charge in [-0.3, -0.25) is 4.79 Å². The van der Waals surface area contributed by atoms with Crippen LogP contribution in [0.1, 0.15) is 33.6 Å². The summed E-state index contributed by atoms with van der Waals surface area (Å²) < 4.78 is 2.13. The number of carbonyl (C=O) groups excluding carboxylic acids is 1. The van der Waals surface area contributed by atoms with Crippen LogP contribution in [0.4, 0.5) is 0 Å². The Morgan fingerprint density at radius 2 is 2.00 bits per heavy atom. The van der Waals surface area contributed by atoms with Crippen LogP contribution in [-0.4, -0.2) is 16.0 Å². The molecule has 1 aromatic heterocycles. The van der Waals surface area contributed by atoms with Gasteiger partial charge in [-0.05, 0) is 37.8 Å². The lowest BCUT2D eigenvalue weighted by Crippen LogP contribution is -2.43. The normalized spacial score (nSPS) is 11.7. The molecule has 1 N–H and O–H groups in total. The predicted molar refractivity (Wildman–Crippen MR) is 79.1 cm³/mol. The molecule has 1 heterocycles. The number of hydrogen-bond acceptors (Lipinski definition) is 1. The van der Waals surface area contributed by atoms with Crippen LogP contribution in [0.2, 0.25) is 0 Å². The van der Waals surface area contributed by atoms with Crippen LogP contribution in [0.25, 0.3) is 10.9 Å². The fourth-order valence-electron chi connectivity index (χ4n) is 2.09. The van der Waals surface area contributed by atoms with Crippen molar-refractivity contribution in [2.75, 3.05) is 0 Å². The fraction of sp³-hybridized carbons (Fsp3) is 0.438. The standard InChI is InChI=1S/C16H22N2O/c1-4-16(2,3)17-15(19)10-12-18-11-9-13-7-5-6-8-14(13)18/h5-9,11H,4,10,12H2,1-3H3,(H,17,19). The molecule has 3 nitrogen and oxygen atoms in total. The minimum atomic E-state index is -0.115. The van der Waals surface area contributed by atoms with Crippen molar-refractivity contribution in [2.24, 2.45) is 0 Å². The quantitative estimate of drug-likeness (QED) is 0.877. The second-order valence-corrected chi connectivity index (χ2v) is 5.60. The van der Waals surface area contributed by atoms with E-state index in [4.69, 9.17) is 0 Å². The van der Waals surface area contributed by atoms with E-state index in [0.29, 0.717) is 6.42 Å². The highest BCUT2D eigenvalue weighted by Crippen LogP contribution is 2.15. The topological polar surface area (TPSA) is 34.0 Å². The molecule has 0 atom stereocenters. The van der Waals surface area contributed by atoms with E-state index < -0.39 is 0 Å². The number of para-hydroxylation sites is 1. The maximum Gasteiger partial charge on any atom is 0.222 e. The average Bonchev–Trinajstić information content (AvgIpc) is 2.79. The number of hydrogen-bond donors (Lipinski definition) is 1. The number of benzene rings is 1. The van der Waals surface area contributed by atoms with Gasteiger partial charge < -0.3 is 9.88 Å². The van der Waals surface area contributed by atoms with Crippen molar-refractivity contribution in [1.29, 1.82) is 0 Å². The Labute approximate surface area is 114 Å². The smallest absolute Gasteiger partial charge is 0.222 e. The molecule has 0 fully saturated rings. The van der Waals surface area contributed by atoms with Crippen LogP contribution in [-0.2, 0) is 11.3 Å². The van der Waals surface area contributed by atoms with Gasteiger partial charge in [-0.25, -0.2) is 0 Å². The minimum absolute atomic E-state index is 0.115. The SMILES string of the molecule is CCC(C)(C)NC(=O)CCn1ccc2ccccc21. The van der Waals surface area contributed by atoms with Gasteiger partial charge in [0.25, 0.3) is 0 Å². The molecule has 102 valence electrons. The second kappa shape index (κ2) is 5.47. The fourth-order valence-corrected chi connectivity index (χ4v) is 2.09. The third-order valence-corrected chi connectivity index (χ3v) is 3.62. The van der Waals surface area contributed by atoms with Crippen molar-refractivity contribution < 1.29 is 4.79 Å². The van der Waals surface area contributed by atoms with E-state index in [-0.39, 0.29) is 11.4 Å². The number of aromatic nitrogens is 1. The number of carbonyl (C=O) groups is 1. The first-order valence-corrected chi connectivity index (χ1v) is 6.87. The summed E-state index contributed by atoms with van der Waals surface area (Å²) in [5, 5.41) is 4.28. The van der Waals surface area contributed by atoms with Crippen molar-refractivity contribution in [3.63, 3.8) is 0 Å². The Kier molecular flexibility index (Phi) is 3.93. The van der Waals surface area contributed by atoms with Gasteiger partial charge in [0.15, 0.2) is 0 Å². The zero-order valence-electron chi connectivity index (χ0n) is 11.9. The Bertz CT molecular complexity index is 569. The van der Waals surface area contributed by atoms with Crippen LogP contribution in [0, 0.1) is 0 Å². The lowest BCUT2D eigenvalue weighted by molar-refractivity contribution is -0.122. The number of nitrogens with one attached hydrogen (secondary N) is 1. The molecule has 3 heteroatoms. The van der Waals surface area contributed by atoms with Crippen LogP contribution in [0.15, 0.2) is 36.5 Å². The first-order valence-electron chi connectivity index (χ1n) is 6.87. The van der Waals surface area contributed by atoms with Gasteiger partial charge in [0.2, 0.25) is 5.91 Å². The number of amides is 1. The van der Waals surface area contributed by atoms with Crippen molar-refractivity contribution in [3.05, 3.63) is 36.5 Å². The monoisotopic (exact) mass is 258 g/mol. The Morgan fingerprint density at radius 1 is 1.26 bits per heavy atom. The van der Waals surface area contributed by atoms with Gasteiger partial charge in [-0.1, -0.05) is 25.1 Å². The highest BCUT2D eigenvalue weighted by molar-refractivity contribution is 5.80. The van der Waals surface area contributed by atoms with Gasteiger partial charge in [0.1, 0.15) is 0 Å². The summed E-state index contributed by atoms with van der Waals surface area (Å²) in [7, 11) is 0. The molecule has 2 rings (SSSR count). The van der Waals surface area contributed by atoms with Crippen molar-refractivity contribution in [1.82, 2.24) is 9.88 Å². The summed E-state index contributed by atoms with van der Waals surface area (Å²) in [5.41, 5.74) is 1.07. The molecular formula is C16H22N2O. The lowest BCUT2D eigenvalue weighted by Gasteiger charge is -2.24. The molecule has 0 unspecified atom stereocenters. The average molecular weight is 258 g/mol. The maximum atomic E-state index is 11.9. The van der Waals surface area contributed by atoms with Crippen LogP contribution in [0.3, 0.4) is 0 Å². The van der Waals surface area contributed by atoms with Crippen molar-refractivity contribution in [2.45, 2.75) is 45.7 Å². The molecule has 2 aromatic rings. The third-order valence-electron chi connectivity index (χ3n) is 3.62. The predicted octanol–water partition coefficient (Wildman–Crippen LogP) is 3.34. The highest BCUT2D eigenvalue weighted by atomic mass is 16.1. The number of rotatable bonds is 5. The second-order valence-electron chi connectivity index (χ2n) is 5.60. The molecule has 19 heavy (non-hydrogen) atoms. The Balaban J connectivity index is 1.97. The summed E-state index contributed by atoms with van der Waals surface area (Å²) in [6.07, 6.45) is 3.50. The van der Waals surface area contributed by atoms with E-state index in [9.17, 15) is 4.79 Å². The van der Waals surface area contributed by atoms with Gasteiger partial charge in [-0.2, -0.15) is 0 Å². The van der Waals surface area contributed by atoms with Gasteiger partial charge in [-0.15, -0.1) is 0 Å². The van der Waals surface area contributed by atoms with E-state index >= 15 is 0 Å². The zero-order chi connectivity index (χ0) is 13.9. The largest absolute Gasteiger partial charge is 0.351 e. The van der Waals surface area contributed by atoms with E-state index in [0.717, 1.165) is 13.0 Å². The van der Waals surface area contributed by atoms with Crippen LogP contribution >= 0.6 is 0 Å². The Morgan fingerprint density at radius 3 is 2.74 bits per heavy atom. The van der Waals surface area contributed by atoms with Crippen molar-refractivity contribution in [3.8, 4) is 0 Å².